The summed E-state index contributed by atoms with van der Waals surface area (Å²) in [6.07, 6.45) is 0.743. The van der Waals surface area contributed by atoms with Crippen molar-refractivity contribution >= 4 is 17.4 Å². The van der Waals surface area contributed by atoms with Crippen molar-refractivity contribution < 1.29 is 14.7 Å². The minimum absolute atomic E-state index is 0.103. The molecule has 152 valence electrons. The fraction of sp³-hybridized carbons (Fsp3) is 0.333. The number of aryl methyl sites for hydroxylation is 2. The minimum atomic E-state index is -0.623. The van der Waals surface area contributed by atoms with Crippen LogP contribution in [0.15, 0.2) is 54.1 Å². The molecule has 0 aromatic heterocycles. The Hall–Kier alpha value is -2.92. The van der Waals surface area contributed by atoms with Crippen molar-refractivity contribution in [3.63, 3.8) is 0 Å². The number of benzene rings is 2. The van der Waals surface area contributed by atoms with Crippen molar-refractivity contribution in [3.8, 4) is 0 Å². The molecule has 2 aromatic carbocycles. The van der Waals surface area contributed by atoms with E-state index < -0.39 is 17.7 Å². The van der Waals surface area contributed by atoms with Crippen molar-refractivity contribution in [2.24, 2.45) is 0 Å². The second-order valence-electron chi connectivity index (χ2n) is 7.88. The fourth-order valence-corrected chi connectivity index (χ4v) is 3.79. The molecule has 0 saturated carbocycles. The molecule has 5 nitrogen and oxygen atoms in total. The number of hydrogen-bond donors (Lipinski definition) is 1. The number of amides is 1. The minimum Gasteiger partial charge on any atom is -0.507 e. The molecule has 5 heteroatoms. The fourth-order valence-electron chi connectivity index (χ4n) is 3.79. The highest BCUT2D eigenvalue weighted by molar-refractivity contribution is 6.46. The third-order valence-electron chi connectivity index (χ3n) is 5.31. The number of likely N-dealkylation sites (tertiary alicyclic amines) is 1. The molecule has 1 aliphatic rings. The van der Waals surface area contributed by atoms with Crippen LogP contribution in [0.25, 0.3) is 5.76 Å². The standard InChI is InChI=1S/C24H28N2O3/c1-16-11-12-17(2)19(15-16)22(27)20-21(18-9-6-5-7-10-18)26(24(29)23(20)28)14-8-13-25(3)4/h5-7,9-12,15,21,27H,8,13-14H2,1-4H3. The number of carbonyl (C=O) groups is 2. The van der Waals surface area contributed by atoms with E-state index in [1.54, 1.807) is 4.90 Å². The first-order chi connectivity index (χ1) is 13.8. The van der Waals surface area contributed by atoms with Crippen LogP contribution in [-0.2, 0) is 9.59 Å². The highest BCUT2D eigenvalue weighted by Crippen LogP contribution is 2.39. The summed E-state index contributed by atoms with van der Waals surface area (Å²) < 4.78 is 0. The molecule has 0 radical (unpaired) electrons. The van der Waals surface area contributed by atoms with E-state index in [9.17, 15) is 14.7 Å². The SMILES string of the molecule is Cc1ccc(C)c(C(O)=C2C(=O)C(=O)N(CCCN(C)C)C2c2ccccc2)c1. The lowest BCUT2D eigenvalue weighted by Gasteiger charge is -2.26. The summed E-state index contributed by atoms with van der Waals surface area (Å²) in [5, 5.41) is 11.1. The molecule has 0 bridgehead atoms. The summed E-state index contributed by atoms with van der Waals surface area (Å²) in [4.78, 5) is 29.5. The monoisotopic (exact) mass is 392 g/mol. The van der Waals surface area contributed by atoms with Gasteiger partial charge in [0.25, 0.3) is 11.7 Å². The zero-order chi connectivity index (χ0) is 21.1. The van der Waals surface area contributed by atoms with Crippen LogP contribution in [-0.4, -0.2) is 53.8 Å². The predicted molar refractivity (Wildman–Crippen MR) is 115 cm³/mol. The van der Waals surface area contributed by atoms with Gasteiger partial charge in [-0.15, -0.1) is 0 Å². The molecule has 1 N–H and O–H groups in total. The zero-order valence-electron chi connectivity index (χ0n) is 17.5. The Morgan fingerprint density at radius 2 is 1.76 bits per heavy atom. The van der Waals surface area contributed by atoms with Gasteiger partial charge in [-0.05, 0) is 58.1 Å². The maximum Gasteiger partial charge on any atom is 0.295 e. The topological polar surface area (TPSA) is 60.9 Å². The van der Waals surface area contributed by atoms with Gasteiger partial charge in [0, 0.05) is 12.1 Å². The molecule has 1 fully saturated rings. The van der Waals surface area contributed by atoms with Gasteiger partial charge in [0.1, 0.15) is 5.76 Å². The van der Waals surface area contributed by atoms with Crippen molar-refractivity contribution in [2.45, 2.75) is 26.3 Å². The van der Waals surface area contributed by atoms with E-state index in [-0.39, 0.29) is 11.3 Å². The average Bonchev–Trinajstić information content (AvgIpc) is 2.94. The second kappa shape index (κ2) is 8.62. The van der Waals surface area contributed by atoms with Gasteiger partial charge in [0.2, 0.25) is 0 Å². The van der Waals surface area contributed by atoms with E-state index >= 15 is 0 Å². The molecule has 29 heavy (non-hydrogen) atoms. The summed E-state index contributed by atoms with van der Waals surface area (Å²) in [6.45, 7) is 5.08. The first-order valence-corrected chi connectivity index (χ1v) is 9.87. The van der Waals surface area contributed by atoms with E-state index in [1.807, 2.05) is 81.4 Å². The molecule has 1 aliphatic heterocycles. The Morgan fingerprint density at radius 1 is 1.07 bits per heavy atom. The highest BCUT2D eigenvalue weighted by Gasteiger charge is 2.45. The van der Waals surface area contributed by atoms with Gasteiger partial charge in [-0.3, -0.25) is 9.59 Å². The van der Waals surface area contributed by atoms with Crippen molar-refractivity contribution in [2.75, 3.05) is 27.2 Å². The molecule has 3 rings (SSSR count). The third-order valence-corrected chi connectivity index (χ3v) is 5.31. The summed E-state index contributed by atoms with van der Waals surface area (Å²) in [5.41, 5.74) is 3.42. The van der Waals surface area contributed by atoms with Gasteiger partial charge in [-0.25, -0.2) is 0 Å². The summed E-state index contributed by atoms with van der Waals surface area (Å²) in [7, 11) is 3.95. The number of carbonyl (C=O) groups excluding carboxylic acids is 2. The van der Waals surface area contributed by atoms with Crippen LogP contribution in [0, 0.1) is 13.8 Å². The number of ketones is 1. The Labute approximate surface area is 172 Å². The molecular formula is C24H28N2O3. The Morgan fingerprint density at radius 3 is 2.41 bits per heavy atom. The maximum atomic E-state index is 13.0. The first-order valence-electron chi connectivity index (χ1n) is 9.87. The lowest BCUT2D eigenvalue weighted by atomic mass is 9.93. The van der Waals surface area contributed by atoms with E-state index in [0.29, 0.717) is 12.1 Å². The number of hydrogen-bond acceptors (Lipinski definition) is 4. The predicted octanol–water partition coefficient (Wildman–Crippen LogP) is 3.68. The molecule has 1 saturated heterocycles. The van der Waals surface area contributed by atoms with Crippen molar-refractivity contribution in [1.82, 2.24) is 9.80 Å². The second-order valence-corrected chi connectivity index (χ2v) is 7.88. The summed E-state index contributed by atoms with van der Waals surface area (Å²) in [6, 6.07) is 14.6. The Kier molecular flexibility index (Phi) is 6.18. The highest BCUT2D eigenvalue weighted by atomic mass is 16.3. The number of aliphatic hydroxyl groups excluding tert-OH is 1. The van der Waals surface area contributed by atoms with Crippen LogP contribution in [0.1, 0.15) is 34.7 Å². The van der Waals surface area contributed by atoms with Crippen LogP contribution < -0.4 is 0 Å². The van der Waals surface area contributed by atoms with Gasteiger partial charge >= 0.3 is 0 Å². The molecule has 1 atom stereocenters. The van der Waals surface area contributed by atoms with Crippen LogP contribution in [0.2, 0.25) is 0 Å². The van der Waals surface area contributed by atoms with E-state index in [0.717, 1.165) is 29.7 Å². The average molecular weight is 392 g/mol. The van der Waals surface area contributed by atoms with Crippen LogP contribution >= 0.6 is 0 Å². The van der Waals surface area contributed by atoms with Gasteiger partial charge in [0.15, 0.2) is 0 Å². The number of rotatable bonds is 6. The summed E-state index contributed by atoms with van der Waals surface area (Å²) >= 11 is 0. The Bertz CT molecular complexity index is 948. The van der Waals surface area contributed by atoms with Crippen molar-refractivity contribution in [1.29, 1.82) is 0 Å². The van der Waals surface area contributed by atoms with Crippen molar-refractivity contribution in [3.05, 3.63) is 76.4 Å². The smallest absolute Gasteiger partial charge is 0.295 e. The molecule has 1 amide bonds. The summed E-state index contributed by atoms with van der Waals surface area (Å²) in [5.74, 6) is -1.28. The quantitative estimate of drug-likeness (QED) is 0.463. The molecule has 0 aliphatic carbocycles. The normalized spacial score (nSPS) is 18.7. The molecule has 0 spiro atoms. The molecule has 1 heterocycles. The largest absolute Gasteiger partial charge is 0.507 e. The lowest BCUT2D eigenvalue weighted by molar-refractivity contribution is -0.139. The molecular weight excluding hydrogens is 364 g/mol. The van der Waals surface area contributed by atoms with E-state index in [1.165, 1.54) is 0 Å². The zero-order valence-corrected chi connectivity index (χ0v) is 17.5. The number of nitrogens with zero attached hydrogens (tertiary/aromatic N) is 2. The number of Topliss-reactive ketones (excluding diaryl/α,β-unsaturated/α-hetero) is 1. The van der Waals surface area contributed by atoms with E-state index in [2.05, 4.69) is 0 Å². The molecule has 2 aromatic rings. The molecule has 1 unspecified atom stereocenters. The first kappa shape index (κ1) is 20.8. The van der Waals surface area contributed by atoms with Crippen LogP contribution in [0.5, 0.6) is 0 Å². The van der Waals surface area contributed by atoms with Gasteiger partial charge < -0.3 is 14.9 Å². The van der Waals surface area contributed by atoms with Crippen LogP contribution in [0.4, 0.5) is 0 Å². The van der Waals surface area contributed by atoms with Gasteiger partial charge in [0.05, 0.1) is 11.6 Å². The van der Waals surface area contributed by atoms with Gasteiger partial charge in [-0.2, -0.15) is 0 Å². The van der Waals surface area contributed by atoms with Gasteiger partial charge in [-0.1, -0.05) is 48.0 Å². The maximum absolute atomic E-state index is 13.0. The third kappa shape index (κ3) is 4.25. The van der Waals surface area contributed by atoms with Crippen LogP contribution in [0.3, 0.4) is 0 Å². The Balaban J connectivity index is 2.12. The lowest BCUT2D eigenvalue weighted by Crippen LogP contribution is -2.32. The number of aliphatic hydroxyl groups is 1. The van der Waals surface area contributed by atoms with E-state index in [4.69, 9.17) is 0 Å².